The van der Waals surface area contributed by atoms with Gasteiger partial charge in [-0.1, -0.05) is 13.0 Å². The molecule has 7 heavy (non-hydrogen) atoms. The molecule has 0 atom stereocenters. The summed E-state index contributed by atoms with van der Waals surface area (Å²) < 4.78 is 0. The number of hydrogen-bond acceptors (Lipinski definition) is 1. The standard InChI is InChI=1S/C6H8O/c1-2-3-4-5-6-7/h3-4,7H,2H2,1H3. The molecule has 0 bridgehead atoms. The molecule has 0 unspecified atom stereocenters. The monoisotopic (exact) mass is 96.1 g/mol. The molecular weight excluding hydrogens is 88.1 g/mol. The van der Waals surface area contributed by atoms with Crippen LogP contribution in [0, 0.1) is 12.0 Å². The maximum Gasteiger partial charge on any atom is 0.112 e. The van der Waals surface area contributed by atoms with E-state index < -0.39 is 0 Å². The molecule has 0 aromatic heterocycles. The first kappa shape index (κ1) is 6.10. The van der Waals surface area contributed by atoms with Crippen LogP contribution in [0.15, 0.2) is 12.2 Å². The first-order valence-corrected chi connectivity index (χ1v) is 2.21. The first-order valence-electron chi connectivity index (χ1n) is 2.21. The number of aliphatic hydroxyl groups excluding tert-OH is 1. The van der Waals surface area contributed by atoms with Crippen molar-refractivity contribution in [1.82, 2.24) is 0 Å². The average Bonchev–Trinajstić information content (AvgIpc) is 1.69. The van der Waals surface area contributed by atoms with E-state index in [1.807, 2.05) is 13.0 Å². The van der Waals surface area contributed by atoms with Crippen molar-refractivity contribution in [2.45, 2.75) is 13.3 Å². The van der Waals surface area contributed by atoms with Crippen LogP contribution in [0.4, 0.5) is 0 Å². The molecule has 0 radical (unpaired) electrons. The van der Waals surface area contributed by atoms with Gasteiger partial charge in [0.1, 0.15) is 6.11 Å². The summed E-state index contributed by atoms with van der Waals surface area (Å²) >= 11 is 0. The van der Waals surface area contributed by atoms with Crippen LogP contribution in [0.1, 0.15) is 13.3 Å². The molecule has 38 valence electrons. The SMILES string of the molecule is CCC=CC#CO. The van der Waals surface area contributed by atoms with E-state index in [2.05, 4.69) is 5.92 Å². The lowest BCUT2D eigenvalue weighted by Gasteiger charge is -1.66. The second-order valence-corrected chi connectivity index (χ2v) is 1.07. The van der Waals surface area contributed by atoms with Crippen molar-refractivity contribution < 1.29 is 5.11 Å². The molecule has 0 heterocycles. The van der Waals surface area contributed by atoms with Crippen molar-refractivity contribution in [1.29, 1.82) is 0 Å². The molecule has 1 heteroatoms. The van der Waals surface area contributed by atoms with Crippen molar-refractivity contribution in [2.75, 3.05) is 0 Å². The smallest absolute Gasteiger partial charge is 0.112 e. The Hall–Kier alpha value is -0.900. The summed E-state index contributed by atoms with van der Waals surface area (Å²) in [6.07, 6.45) is 6.24. The summed E-state index contributed by atoms with van der Waals surface area (Å²) in [5, 5.41) is 7.88. The zero-order valence-corrected chi connectivity index (χ0v) is 4.31. The van der Waals surface area contributed by atoms with Crippen LogP contribution in [0.3, 0.4) is 0 Å². The number of hydrogen-bond donors (Lipinski definition) is 1. The predicted molar refractivity (Wildman–Crippen MR) is 29.1 cm³/mol. The normalized spacial score (nSPS) is 8.14. The Morgan fingerprint density at radius 2 is 2.43 bits per heavy atom. The highest BCUT2D eigenvalue weighted by Crippen LogP contribution is 1.74. The third kappa shape index (κ3) is 5.10. The van der Waals surface area contributed by atoms with Gasteiger partial charge in [0.2, 0.25) is 0 Å². The third-order valence-corrected chi connectivity index (χ3v) is 0.501. The summed E-state index contributed by atoms with van der Waals surface area (Å²) in [6.45, 7) is 2.01. The van der Waals surface area contributed by atoms with E-state index in [1.165, 1.54) is 0 Å². The van der Waals surface area contributed by atoms with Crippen LogP contribution in [0.2, 0.25) is 0 Å². The quantitative estimate of drug-likeness (QED) is 0.487. The van der Waals surface area contributed by atoms with Crippen LogP contribution in [-0.2, 0) is 0 Å². The van der Waals surface area contributed by atoms with Gasteiger partial charge in [-0.05, 0) is 18.4 Å². The van der Waals surface area contributed by atoms with Crippen LogP contribution in [0.5, 0.6) is 0 Å². The predicted octanol–water partition coefficient (Wildman–Crippen LogP) is 1.29. The molecule has 1 N–H and O–H groups in total. The zero-order chi connectivity index (χ0) is 5.54. The number of aliphatic hydroxyl groups is 1. The topological polar surface area (TPSA) is 20.2 Å². The lowest BCUT2D eigenvalue weighted by Crippen LogP contribution is -1.51. The van der Waals surface area contributed by atoms with E-state index in [1.54, 1.807) is 12.2 Å². The molecule has 0 aromatic rings. The summed E-state index contributed by atoms with van der Waals surface area (Å²) in [6, 6.07) is 0. The second kappa shape index (κ2) is 5.10. The summed E-state index contributed by atoms with van der Waals surface area (Å²) in [7, 11) is 0. The van der Waals surface area contributed by atoms with Crippen LogP contribution in [-0.4, -0.2) is 5.11 Å². The van der Waals surface area contributed by atoms with Crippen molar-refractivity contribution in [3.63, 3.8) is 0 Å². The number of rotatable bonds is 1. The molecule has 0 aliphatic rings. The fourth-order valence-corrected chi connectivity index (χ4v) is 0.214. The fourth-order valence-electron chi connectivity index (χ4n) is 0.214. The van der Waals surface area contributed by atoms with Gasteiger partial charge in [0.05, 0.1) is 0 Å². The Morgan fingerprint density at radius 1 is 1.71 bits per heavy atom. The zero-order valence-electron chi connectivity index (χ0n) is 4.31. The maximum absolute atomic E-state index is 7.88. The van der Waals surface area contributed by atoms with Gasteiger partial charge in [-0.25, -0.2) is 0 Å². The van der Waals surface area contributed by atoms with Gasteiger partial charge in [0.25, 0.3) is 0 Å². The van der Waals surface area contributed by atoms with E-state index in [4.69, 9.17) is 5.11 Å². The molecular formula is C6H8O. The first-order chi connectivity index (χ1) is 3.41. The van der Waals surface area contributed by atoms with Crippen molar-refractivity contribution in [2.24, 2.45) is 0 Å². The van der Waals surface area contributed by atoms with Crippen LogP contribution < -0.4 is 0 Å². The minimum Gasteiger partial charge on any atom is -0.462 e. The highest BCUT2D eigenvalue weighted by atomic mass is 16.2. The van der Waals surface area contributed by atoms with Crippen molar-refractivity contribution in [3.8, 4) is 12.0 Å². The van der Waals surface area contributed by atoms with Crippen molar-refractivity contribution in [3.05, 3.63) is 12.2 Å². The Bertz CT molecular complexity index is 103. The molecule has 0 spiro atoms. The van der Waals surface area contributed by atoms with E-state index in [9.17, 15) is 0 Å². The van der Waals surface area contributed by atoms with Gasteiger partial charge in [-0.3, -0.25) is 0 Å². The lowest BCUT2D eigenvalue weighted by molar-refractivity contribution is 0.517. The van der Waals surface area contributed by atoms with Gasteiger partial charge >= 0.3 is 0 Å². The molecule has 0 saturated carbocycles. The minimum atomic E-state index is 0.967. The van der Waals surface area contributed by atoms with Gasteiger partial charge in [0, 0.05) is 0 Å². The minimum absolute atomic E-state index is 0.967. The Kier molecular flexibility index (Phi) is 4.44. The van der Waals surface area contributed by atoms with Crippen LogP contribution in [0.25, 0.3) is 0 Å². The molecule has 0 aromatic carbocycles. The molecule has 0 amide bonds. The number of allylic oxidation sites excluding steroid dienone is 2. The summed E-state index contributed by atoms with van der Waals surface area (Å²) in [5.74, 6) is 2.37. The van der Waals surface area contributed by atoms with Gasteiger partial charge in [0.15, 0.2) is 0 Å². The molecule has 0 aliphatic carbocycles. The third-order valence-electron chi connectivity index (χ3n) is 0.501. The van der Waals surface area contributed by atoms with Gasteiger partial charge < -0.3 is 5.11 Å². The van der Waals surface area contributed by atoms with E-state index in [0.717, 1.165) is 6.42 Å². The fraction of sp³-hybridized carbons (Fsp3) is 0.333. The second-order valence-electron chi connectivity index (χ2n) is 1.07. The Balaban J connectivity index is 3.21. The van der Waals surface area contributed by atoms with Crippen molar-refractivity contribution >= 4 is 0 Å². The largest absolute Gasteiger partial charge is 0.462 e. The van der Waals surface area contributed by atoms with E-state index in [0.29, 0.717) is 0 Å². The Morgan fingerprint density at radius 3 is 2.86 bits per heavy atom. The van der Waals surface area contributed by atoms with Gasteiger partial charge in [-0.15, -0.1) is 0 Å². The molecule has 0 fully saturated rings. The molecule has 0 aliphatic heterocycles. The average molecular weight is 96.1 g/mol. The molecule has 0 saturated heterocycles. The van der Waals surface area contributed by atoms with E-state index in [-0.39, 0.29) is 0 Å². The highest BCUT2D eigenvalue weighted by Gasteiger charge is 1.57. The van der Waals surface area contributed by atoms with Gasteiger partial charge in [-0.2, -0.15) is 0 Å². The Labute approximate surface area is 43.7 Å². The summed E-state index contributed by atoms with van der Waals surface area (Å²) in [4.78, 5) is 0. The lowest BCUT2D eigenvalue weighted by atomic mass is 10.4. The molecule has 1 nitrogen and oxygen atoms in total. The molecule has 0 rings (SSSR count). The van der Waals surface area contributed by atoms with Crippen LogP contribution >= 0.6 is 0 Å². The van der Waals surface area contributed by atoms with E-state index >= 15 is 0 Å². The maximum atomic E-state index is 7.88. The summed E-state index contributed by atoms with van der Waals surface area (Å²) in [5.41, 5.74) is 0. The highest BCUT2D eigenvalue weighted by molar-refractivity contribution is 5.10.